The minimum Gasteiger partial charge on any atom is -0.383 e. The third-order valence-corrected chi connectivity index (χ3v) is 2.93. The van der Waals surface area contributed by atoms with Crippen LogP contribution < -0.4 is 10.6 Å². The van der Waals surface area contributed by atoms with E-state index in [4.69, 9.17) is 4.74 Å². The van der Waals surface area contributed by atoms with Crippen LogP contribution in [0.1, 0.15) is 31.0 Å². The van der Waals surface area contributed by atoms with Crippen molar-refractivity contribution in [2.45, 2.75) is 32.9 Å². The number of aryl methyl sites for hydroxylation is 1. The van der Waals surface area contributed by atoms with E-state index < -0.39 is 0 Å². The van der Waals surface area contributed by atoms with Crippen molar-refractivity contribution in [3.63, 3.8) is 0 Å². The first kappa shape index (κ1) is 15.7. The van der Waals surface area contributed by atoms with Crippen LogP contribution in [0.25, 0.3) is 0 Å². The third kappa shape index (κ3) is 5.85. The van der Waals surface area contributed by atoms with E-state index >= 15 is 0 Å². The Hall–Kier alpha value is -1.39. The first-order chi connectivity index (χ1) is 9.02. The largest absolute Gasteiger partial charge is 0.383 e. The molecule has 19 heavy (non-hydrogen) atoms. The van der Waals surface area contributed by atoms with Crippen LogP contribution in [-0.2, 0) is 9.53 Å². The highest BCUT2D eigenvalue weighted by Gasteiger charge is 2.09. The standard InChI is InChI=1S/C15H24N2O2/c1-11-6-5-7-14(8-11)13(3)16-9-15(18)17-12(2)10-19-4/h5-8,12-13,16H,9-10H2,1-4H3,(H,17,18)/t12?,13-/m0/s1. The number of benzene rings is 1. The van der Waals surface area contributed by atoms with Crippen molar-refractivity contribution >= 4 is 5.91 Å². The number of amides is 1. The molecule has 0 aromatic heterocycles. The topological polar surface area (TPSA) is 50.4 Å². The maximum atomic E-state index is 11.7. The molecule has 1 amide bonds. The molecule has 0 bridgehead atoms. The zero-order valence-corrected chi connectivity index (χ0v) is 12.2. The Balaban J connectivity index is 2.37. The van der Waals surface area contributed by atoms with Crippen molar-refractivity contribution in [3.05, 3.63) is 35.4 Å². The SMILES string of the molecule is COCC(C)NC(=O)CN[C@@H](C)c1cccc(C)c1. The summed E-state index contributed by atoms with van der Waals surface area (Å²) in [4.78, 5) is 11.7. The summed E-state index contributed by atoms with van der Waals surface area (Å²) in [5.41, 5.74) is 2.42. The number of carbonyl (C=O) groups is 1. The average Bonchev–Trinajstić information content (AvgIpc) is 2.36. The molecule has 1 rings (SSSR count). The number of methoxy groups -OCH3 is 1. The molecule has 4 heteroatoms. The first-order valence-corrected chi connectivity index (χ1v) is 6.61. The van der Waals surface area contributed by atoms with Gasteiger partial charge in [0.05, 0.1) is 13.2 Å². The predicted molar refractivity (Wildman–Crippen MR) is 77.1 cm³/mol. The highest BCUT2D eigenvalue weighted by Crippen LogP contribution is 2.13. The lowest BCUT2D eigenvalue weighted by Gasteiger charge is -2.17. The third-order valence-electron chi connectivity index (χ3n) is 2.93. The van der Waals surface area contributed by atoms with Gasteiger partial charge in [0.2, 0.25) is 5.91 Å². The average molecular weight is 264 g/mol. The van der Waals surface area contributed by atoms with Gasteiger partial charge in [-0.3, -0.25) is 4.79 Å². The molecule has 1 unspecified atom stereocenters. The molecular weight excluding hydrogens is 240 g/mol. The number of carbonyl (C=O) groups excluding carboxylic acids is 1. The summed E-state index contributed by atoms with van der Waals surface area (Å²) in [5, 5.41) is 6.09. The van der Waals surface area contributed by atoms with Crippen LogP contribution >= 0.6 is 0 Å². The zero-order chi connectivity index (χ0) is 14.3. The normalized spacial score (nSPS) is 13.9. The van der Waals surface area contributed by atoms with Gasteiger partial charge in [0, 0.05) is 19.2 Å². The highest BCUT2D eigenvalue weighted by molar-refractivity contribution is 5.78. The Morgan fingerprint density at radius 2 is 2.11 bits per heavy atom. The van der Waals surface area contributed by atoms with Crippen LogP contribution in [0, 0.1) is 6.92 Å². The fraction of sp³-hybridized carbons (Fsp3) is 0.533. The van der Waals surface area contributed by atoms with Gasteiger partial charge in [-0.2, -0.15) is 0 Å². The van der Waals surface area contributed by atoms with Gasteiger partial charge in [0.25, 0.3) is 0 Å². The zero-order valence-electron chi connectivity index (χ0n) is 12.2. The maximum Gasteiger partial charge on any atom is 0.234 e. The van der Waals surface area contributed by atoms with Gasteiger partial charge >= 0.3 is 0 Å². The van der Waals surface area contributed by atoms with Crippen molar-refractivity contribution < 1.29 is 9.53 Å². The van der Waals surface area contributed by atoms with E-state index in [1.165, 1.54) is 11.1 Å². The van der Waals surface area contributed by atoms with Crippen molar-refractivity contribution in [2.24, 2.45) is 0 Å². The molecular formula is C15H24N2O2. The first-order valence-electron chi connectivity index (χ1n) is 6.61. The van der Waals surface area contributed by atoms with Crippen LogP contribution in [0.3, 0.4) is 0 Å². The number of rotatable bonds is 7. The lowest BCUT2D eigenvalue weighted by atomic mass is 10.1. The summed E-state index contributed by atoms with van der Waals surface area (Å²) in [7, 11) is 1.63. The minimum absolute atomic E-state index is 0.0101. The van der Waals surface area contributed by atoms with Crippen molar-refractivity contribution in [2.75, 3.05) is 20.3 Å². The van der Waals surface area contributed by atoms with Gasteiger partial charge in [0.15, 0.2) is 0 Å². The van der Waals surface area contributed by atoms with E-state index in [1.807, 2.05) is 13.0 Å². The van der Waals surface area contributed by atoms with E-state index in [0.717, 1.165) is 0 Å². The van der Waals surface area contributed by atoms with Crippen molar-refractivity contribution in [3.8, 4) is 0 Å². The summed E-state index contributed by atoms with van der Waals surface area (Å²) in [5.74, 6) is -0.0101. The highest BCUT2D eigenvalue weighted by atomic mass is 16.5. The van der Waals surface area contributed by atoms with Gasteiger partial charge in [-0.05, 0) is 26.3 Å². The van der Waals surface area contributed by atoms with Crippen LogP contribution in [0.15, 0.2) is 24.3 Å². The van der Waals surface area contributed by atoms with Crippen LogP contribution in [0.2, 0.25) is 0 Å². The number of hydrogen-bond acceptors (Lipinski definition) is 3. The lowest BCUT2D eigenvalue weighted by molar-refractivity contribution is -0.121. The molecule has 0 spiro atoms. The second-order valence-electron chi connectivity index (χ2n) is 4.94. The molecule has 0 saturated carbocycles. The summed E-state index contributed by atoms with van der Waals surface area (Å²) in [6.07, 6.45) is 0. The Labute approximate surface area is 115 Å². The molecule has 0 heterocycles. The monoisotopic (exact) mass is 264 g/mol. The number of ether oxygens (including phenoxy) is 1. The van der Waals surface area contributed by atoms with E-state index in [2.05, 4.69) is 42.7 Å². The lowest BCUT2D eigenvalue weighted by Crippen LogP contribution is -2.41. The summed E-state index contributed by atoms with van der Waals surface area (Å²) < 4.78 is 4.98. The molecule has 0 aliphatic carbocycles. The van der Waals surface area contributed by atoms with Gasteiger partial charge < -0.3 is 15.4 Å². The molecule has 0 aliphatic heterocycles. The molecule has 2 N–H and O–H groups in total. The fourth-order valence-corrected chi connectivity index (χ4v) is 1.92. The van der Waals surface area contributed by atoms with Crippen LogP contribution in [0.5, 0.6) is 0 Å². The van der Waals surface area contributed by atoms with Crippen molar-refractivity contribution in [1.82, 2.24) is 10.6 Å². The van der Waals surface area contributed by atoms with Crippen LogP contribution in [-0.4, -0.2) is 32.2 Å². The Bertz CT molecular complexity index is 407. The molecule has 1 aromatic carbocycles. The van der Waals surface area contributed by atoms with Crippen molar-refractivity contribution in [1.29, 1.82) is 0 Å². The van der Waals surface area contributed by atoms with Gasteiger partial charge in [-0.25, -0.2) is 0 Å². The minimum atomic E-state index is -0.0101. The molecule has 0 fully saturated rings. The quantitative estimate of drug-likeness (QED) is 0.789. The van der Waals surface area contributed by atoms with E-state index in [0.29, 0.717) is 13.2 Å². The van der Waals surface area contributed by atoms with Gasteiger partial charge in [-0.15, -0.1) is 0 Å². The molecule has 0 saturated heterocycles. The molecule has 2 atom stereocenters. The molecule has 1 aromatic rings. The van der Waals surface area contributed by atoms with E-state index in [-0.39, 0.29) is 18.0 Å². The van der Waals surface area contributed by atoms with Gasteiger partial charge in [-0.1, -0.05) is 29.8 Å². The summed E-state index contributed by atoms with van der Waals surface area (Å²) in [6, 6.07) is 8.48. The second kappa shape index (κ2) is 7.92. The fourth-order valence-electron chi connectivity index (χ4n) is 1.92. The number of hydrogen-bond donors (Lipinski definition) is 2. The number of nitrogens with one attached hydrogen (secondary N) is 2. The Morgan fingerprint density at radius 1 is 1.37 bits per heavy atom. The molecule has 106 valence electrons. The summed E-state index contributed by atoms with van der Waals surface area (Å²) >= 11 is 0. The smallest absolute Gasteiger partial charge is 0.234 e. The maximum absolute atomic E-state index is 11.7. The van der Waals surface area contributed by atoms with Gasteiger partial charge in [0.1, 0.15) is 0 Å². The predicted octanol–water partition coefficient (Wildman–Crippen LogP) is 1.80. The second-order valence-corrected chi connectivity index (χ2v) is 4.94. The summed E-state index contributed by atoms with van der Waals surface area (Å²) in [6.45, 7) is 6.88. The molecule has 4 nitrogen and oxygen atoms in total. The Kier molecular flexibility index (Phi) is 6.53. The van der Waals surface area contributed by atoms with Crippen LogP contribution in [0.4, 0.5) is 0 Å². The van der Waals surface area contributed by atoms with E-state index in [1.54, 1.807) is 7.11 Å². The molecule has 0 aliphatic rings. The van der Waals surface area contributed by atoms with E-state index in [9.17, 15) is 4.79 Å². The molecule has 0 radical (unpaired) electrons. The Morgan fingerprint density at radius 3 is 2.74 bits per heavy atom.